The van der Waals surface area contributed by atoms with Gasteiger partial charge < -0.3 is 23.7 Å². The van der Waals surface area contributed by atoms with Gasteiger partial charge in [0.2, 0.25) is 5.69 Å². The Bertz CT molecular complexity index is 2120. The zero-order valence-electron chi connectivity index (χ0n) is 24.9. The van der Waals surface area contributed by atoms with E-state index >= 15 is 0 Å². The minimum absolute atomic E-state index is 0.378. The number of nitrogens with one attached hydrogen (secondary N) is 1. The molecule has 0 aromatic carbocycles. The predicted octanol–water partition coefficient (Wildman–Crippen LogP) is 6.22. The summed E-state index contributed by atoms with van der Waals surface area (Å²) in [5, 5.41) is 1.21. The zero-order valence-corrected chi connectivity index (χ0v) is 28.5. The monoisotopic (exact) mass is 751 g/mol. The second-order valence-electron chi connectivity index (χ2n) is 9.59. The summed E-state index contributed by atoms with van der Waals surface area (Å²) in [7, 11) is 5.66. The van der Waals surface area contributed by atoms with Crippen LogP contribution in [0.5, 0.6) is 0 Å². The number of hydrogen-bond acceptors (Lipinski definition) is 7. The van der Waals surface area contributed by atoms with Crippen molar-refractivity contribution in [1.82, 2.24) is 39.0 Å². The molecule has 0 aliphatic carbocycles. The van der Waals surface area contributed by atoms with Gasteiger partial charge in [-0.25, -0.2) is 24.9 Å². The van der Waals surface area contributed by atoms with Crippen molar-refractivity contribution >= 4 is 104 Å². The van der Waals surface area contributed by atoms with Gasteiger partial charge in [0.1, 0.15) is 33.5 Å². The lowest BCUT2D eigenvalue weighted by Gasteiger charge is -2.19. The largest absolute Gasteiger partial charge is 0.361 e. The highest BCUT2D eigenvalue weighted by atomic mass is 127. The van der Waals surface area contributed by atoms with Crippen LogP contribution >= 0.6 is 45.8 Å². The molecule has 6 heterocycles. The van der Waals surface area contributed by atoms with E-state index in [1.165, 1.54) is 0 Å². The molecule has 0 fully saturated rings. The highest BCUT2D eigenvalue weighted by Gasteiger charge is 2.15. The Balaban J connectivity index is 0.000000169. The number of imidazole rings is 2. The van der Waals surface area contributed by atoms with Gasteiger partial charge in [0.05, 0.1) is 28.4 Å². The van der Waals surface area contributed by atoms with Gasteiger partial charge in [0.25, 0.3) is 11.6 Å². The van der Waals surface area contributed by atoms with Crippen LogP contribution in [0.2, 0.25) is 10.0 Å². The minimum atomic E-state index is 0.378. The van der Waals surface area contributed by atoms with Crippen molar-refractivity contribution in [3.8, 4) is 0 Å². The summed E-state index contributed by atoms with van der Waals surface area (Å²) in [5.74, 6) is 1.49. The molecule has 0 amide bonds. The van der Waals surface area contributed by atoms with E-state index in [1.807, 2.05) is 49.0 Å². The Kier molecular flexibility index (Phi) is 10.6. The van der Waals surface area contributed by atoms with Crippen LogP contribution in [-0.4, -0.2) is 52.8 Å². The van der Waals surface area contributed by atoms with Crippen LogP contribution in [0.15, 0.2) is 49.3 Å². The van der Waals surface area contributed by atoms with E-state index in [0.29, 0.717) is 33.0 Å². The number of anilines is 2. The molecule has 15 heteroatoms. The van der Waals surface area contributed by atoms with Gasteiger partial charge in [0.15, 0.2) is 17.5 Å². The topological polar surface area (TPSA) is 113 Å². The predicted molar refractivity (Wildman–Crippen MR) is 186 cm³/mol. The van der Waals surface area contributed by atoms with E-state index in [2.05, 4.69) is 73.9 Å². The summed E-state index contributed by atoms with van der Waals surface area (Å²) in [6.07, 6.45) is 6.67. The first kappa shape index (κ1) is 33.2. The zero-order chi connectivity index (χ0) is 32.8. The summed E-state index contributed by atoms with van der Waals surface area (Å²) in [6, 6.07) is 7.06. The van der Waals surface area contributed by atoms with Gasteiger partial charge in [-0.15, -0.1) is 9.97 Å². The van der Waals surface area contributed by atoms with Gasteiger partial charge in [-0.05, 0) is 60.2 Å². The molecule has 0 aliphatic rings. The second-order valence-corrected chi connectivity index (χ2v) is 11.5. The quantitative estimate of drug-likeness (QED) is 0.0989. The fraction of sp³-hybridized carbons (Fsp3) is 0.167. The average molecular weight is 752 g/mol. The third kappa shape index (κ3) is 7.51. The Morgan fingerprint density at radius 3 is 1.89 bits per heavy atom. The Labute approximate surface area is 283 Å². The van der Waals surface area contributed by atoms with Gasteiger partial charge in [-0.1, -0.05) is 36.3 Å². The van der Waals surface area contributed by atoms with E-state index in [9.17, 15) is 0 Å². The van der Waals surface area contributed by atoms with E-state index in [4.69, 9.17) is 36.3 Å². The highest BCUT2D eigenvalue weighted by molar-refractivity contribution is 14.1. The SMILES string of the molecule is Cn1cnc2c(Cl)cc(I)nc21.[C-]#[N+]c1cc(C)c(N(C)c2cc(Cl)c3ncn(C)c3n2)cn1.[C-]#[N+]c1cc(C)c([NH+]=C)cn1. The lowest BCUT2D eigenvalue weighted by molar-refractivity contribution is -0.343. The Hall–Kier alpha value is -4.70. The third-order valence-corrected chi connectivity index (χ3v) is 7.62. The first-order valence-corrected chi connectivity index (χ1v) is 14.9. The molecule has 0 radical (unpaired) electrons. The molecular weight excluding hydrogens is 726 g/mol. The molecule has 1 N–H and O–H groups in total. The number of halogens is 3. The molecular formula is C30H26Cl2IN12+. The lowest BCUT2D eigenvalue weighted by atomic mass is 10.2. The molecule has 0 atom stereocenters. The van der Waals surface area contributed by atoms with Crippen molar-refractivity contribution in [3.05, 3.63) is 97.0 Å². The number of hydrogen-bond donors (Lipinski definition) is 1. The van der Waals surface area contributed by atoms with E-state index < -0.39 is 0 Å². The van der Waals surface area contributed by atoms with Crippen LogP contribution in [0.1, 0.15) is 11.1 Å². The van der Waals surface area contributed by atoms with E-state index in [1.54, 1.807) is 49.3 Å². The van der Waals surface area contributed by atoms with Crippen LogP contribution in [-0.2, 0) is 14.1 Å². The van der Waals surface area contributed by atoms with Crippen molar-refractivity contribution in [3.63, 3.8) is 0 Å². The van der Waals surface area contributed by atoms with E-state index in [-0.39, 0.29) is 0 Å². The normalized spacial score (nSPS) is 10.3. The van der Waals surface area contributed by atoms with Gasteiger partial charge >= 0.3 is 0 Å². The first-order valence-electron chi connectivity index (χ1n) is 13.0. The molecule has 45 heavy (non-hydrogen) atoms. The fourth-order valence-electron chi connectivity index (χ4n) is 4.11. The maximum absolute atomic E-state index is 7.02. The van der Waals surface area contributed by atoms with Crippen LogP contribution in [0.4, 0.5) is 28.8 Å². The smallest absolute Gasteiger partial charge is 0.270 e. The number of rotatable bonds is 3. The van der Waals surface area contributed by atoms with Gasteiger partial charge in [0, 0.05) is 32.8 Å². The lowest BCUT2D eigenvalue weighted by Crippen LogP contribution is -2.58. The molecule has 0 spiro atoms. The summed E-state index contributed by atoms with van der Waals surface area (Å²) in [5.41, 5.74) is 6.66. The first-order chi connectivity index (χ1) is 21.5. The van der Waals surface area contributed by atoms with Crippen LogP contribution < -0.4 is 9.89 Å². The molecule has 0 saturated carbocycles. The standard InChI is InChI=1S/C15H13ClN6.C8H7N3.C7H5ClIN3/c1-9-5-12(17-2)18-7-11(9)22(4)13-6-10(16)14-15(20-13)21(3)8-19-14;1-6-4-8(10-3)11-5-7(6)9-2;1-12-3-10-6-4(8)2-5(9)11-7(6)12/h5-8H,1,3-4H3;4-5H,2H2,1H3;2-3H,1H3/p+1. The maximum Gasteiger partial charge on any atom is 0.270 e. The van der Waals surface area contributed by atoms with Crippen LogP contribution in [0, 0.1) is 30.7 Å². The molecule has 0 bridgehead atoms. The molecule has 0 aliphatic heterocycles. The fourth-order valence-corrected chi connectivity index (χ4v) is 5.30. The number of aromatic nitrogens is 8. The Morgan fingerprint density at radius 1 is 0.822 bits per heavy atom. The molecule has 6 aromatic heterocycles. The van der Waals surface area contributed by atoms with Crippen molar-refractivity contribution in [2.24, 2.45) is 14.1 Å². The number of nitrogens with zero attached hydrogens (tertiary/aromatic N) is 11. The van der Waals surface area contributed by atoms with Crippen LogP contribution in [0.25, 0.3) is 32.0 Å². The van der Waals surface area contributed by atoms with Gasteiger partial charge in [-0.2, -0.15) is 0 Å². The van der Waals surface area contributed by atoms with Crippen molar-refractivity contribution < 1.29 is 4.99 Å². The van der Waals surface area contributed by atoms with Crippen LogP contribution in [0.3, 0.4) is 0 Å². The van der Waals surface area contributed by atoms with E-state index in [0.717, 1.165) is 43.0 Å². The van der Waals surface area contributed by atoms with Gasteiger partial charge in [-0.3, -0.25) is 0 Å². The molecule has 0 saturated heterocycles. The molecule has 226 valence electrons. The molecule has 12 nitrogen and oxygen atoms in total. The molecule has 0 unspecified atom stereocenters. The number of aryl methyl sites for hydroxylation is 4. The number of pyridine rings is 4. The van der Waals surface area contributed by atoms with Crippen molar-refractivity contribution in [2.45, 2.75) is 13.8 Å². The van der Waals surface area contributed by atoms with Crippen molar-refractivity contribution in [1.29, 1.82) is 0 Å². The average Bonchev–Trinajstić information content (AvgIpc) is 3.59. The summed E-state index contributed by atoms with van der Waals surface area (Å²) >= 11 is 14.4. The Morgan fingerprint density at radius 2 is 1.36 bits per heavy atom. The second kappa shape index (κ2) is 14.4. The minimum Gasteiger partial charge on any atom is -0.361 e. The molecule has 6 rings (SSSR count). The maximum atomic E-state index is 7.02. The number of fused-ring (bicyclic) bond motifs is 2. The third-order valence-electron chi connectivity index (χ3n) is 6.49. The highest BCUT2D eigenvalue weighted by Crippen LogP contribution is 2.31. The summed E-state index contributed by atoms with van der Waals surface area (Å²) in [4.78, 5) is 36.4. The molecule has 6 aromatic rings. The van der Waals surface area contributed by atoms with Crippen molar-refractivity contribution in [2.75, 3.05) is 11.9 Å². The summed E-state index contributed by atoms with van der Waals surface area (Å²) in [6.45, 7) is 21.1. The summed E-state index contributed by atoms with van der Waals surface area (Å²) < 4.78 is 4.56.